The lowest BCUT2D eigenvalue weighted by molar-refractivity contribution is 0.299. The van der Waals surface area contributed by atoms with Crippen molar-refractivity contribution in [2.75, 3.05) is 4.90 Å². The summed E-state index contributed by atoms with van der Waals surface area (Å²) in [4.78, 5) is 2.41. The smallest absolute Gasteiger partial charge is 0.0467 e. The van der Waals surface area contributed by atoms with E-state index in [1.165, 1.54) is 50.2 Å². The van der Waals surface area contributed by atoms with E-state index in [-0.39, 0.29) is 10.8 Å². The topological polar surface area (TPSA) is 3.24 Å². The predicted octanol–water partition coefficient (Wildman–Crippen LogP) is 11.7. The van der Waals surface area contributed by atoms with Gasteiger partial charge in [-0.3, -0.25) is 0 Å². The normalized spacial score (nSPS) is 14.4. The third-order valence-electron chi connectivity index (χ3n) is 9.83. The van der Waals surface area contributed by atoms with Crippen molar-refractivity contribution in [3.8, 4) is 33.4 Å². The summed E-state index contributed by atoms with van der Waals surface area (Å²) in [5.41, 5.74) is 13.7. The van der Waals surface area contributed by atoms with Crippen molar-refractivity contribution in [2.45, 2.75) is 38.5 Å². The van der Waals surface area contributed by atoms with Gasteiger partial charge in [0.15, 0.2) is 0 Å². The highest BCUT2D eigenvalue weighted by Gasteiger charge is 2.45. The second kappa shape index (κ2) is 10.4. The average Bonchev–Trinajstić information content (AvgIpc) is 3.05. The molecule has 0 atom stereocenters. The Labute approximate surface area is 256 Å². The monoisotopic (exact) mass is 555 g/mol. The van der Waals surface area contributed by atoms with Crippen LogP contribution in [0, 0.1) is 0 Å². The van der Waals surface area contributed by atoms with Crippen LogP contribution in [0.25, 0.3) is 33.4 Å². The second-order valence-electron chi connectivity index (χ2n) is 12.7. The molecule has 0 saturated carbocycles. The molecule has 1 aliphatic carbocycles. The summed E-state index contributed by atoms with van der Waals surface area (Å²) < 4.78 is 0. The number of rotatable bonds is 5. The van der Waals surface area contributed by atoms with E-state index in [2.05, 4.69) is 184 Å². The molecule has 0 spiro atoms. The molecule has 0 saturated heterocycles. The van der Waals surface area contributed by atoms with Crippen LogP contribution in [0.1, 0.15) is 38.8 Å². The lowest BCUT2D eigenvalue weighted by atomic mass is 9.55. The van der Waals surface area contributed by atoms with E-state index in [4.69, 9.17) is 0 Å². The molecule has 1 aliphatic rings. The fraction of sp³-hybridized carbons (Fsp3) is 0.143. The highest BCUT2D eigenvalue weighted by atomic mass is 15.1. The average molecular weight is 556 g/mol. The third-order valence-corrected chi connectivity index (χ3v) is 9.83. The van der Waals surface area contributed by atoms with E-state index in [0.29, 0.717) is 0 Å². The van der Waals surface area contributed by atoms with Crippen LogP contribution in [0.5, 0.6) is 0 Å². The fourth-order valence-corrected chi connectivity index (χ4v) is 6.70. The number of benzene rings is 6. The zero-order valence-electron chi connectivity index (χ0n) is 25.4. The molecule has 210 valence electrons. The summed E-state index contributed by atoms with van der Waals surface area (Å²) in [6.45, 7) is 9.59. The van der Waals surface area contributed by atoms with Gasteiger partial charge < -0.3 is 4.90 Å². The van der Waals surface area contributed by atoms with Gasteiger partial charge >= 0.3 is 0 Å². The van der Waals surface area contributed by atoms with Crippen LogP contribution in [0.15, 0.2) is 152 Å². The van der Waals surface area contributed by atoms with E-state index in [1.807, 2.05) is 0 Å². The lowest BCUT2D eigenvalue weighted by Crippen LogP contribution is -2.43. The molecule has 7 rings (SSSR count). The van der Waals surface area contributed by atoms with Gasteiger partial charge in [0.05, 0.1) is 0 Å². The molecule has 6 aromatic carbocycles. The van der Waals surface area contributed by atoms with Crippen LogP contribution in [-0.2, 0) is 10.8 Å². The summed E-state index contributed by atoms with van der Waals surface area (Å²) in [5.74, 6) is 0. The summed E-state index contributed by atoms with van der Waals surface area (Å²) in [5, 5.41) is 0. The van der Waals surface area contributed by atoms with Gasteiger partial charge in [-0.1, -0.05) is 143 Å². The fourth-order valence-electron chi connectivity index (χ4n) is 6.70. The molecular formula is C42H37N. The van der Waals surface area contributed by atoms with E-state index in [0.717, 1.165) is 11.4 Å². The first-order valence-corrected chi connectivity index (χ1v) is 15.2. The van der Waals surface area contributed by atoms with E-state index >= 15 is 0 Å². The van der Waals surface area contributed by atoms with Gasteiger partial charge in [-0.15, -0.1) is 0 Å². The maximum Gasteiger partial charge on any atom is 0.0467 e. The first-order chi connectivity index (χ1) is 20.8. The van der Waals surface area contributed by atoms with Crippen LogP contribution in [0.4, 0.5) is 17.1 Å². The van der Waals surface area contributed by atoms with E-state index < -0.39 is 0 Å². The van der Waals surface area contributed by atoms with Gasteiger partial charge in [0.25, 0.3) is 0 Å². The van der Waals surface area contributed by atoms with Gasteiger partial charge in [0, 0.05) is 17.1 Å². The van der Waals surface area contributed by atoms with Crippen molar-refractivity contribution in [1.82, 2.24) is 0 Å². The highest BCUT2D eigenvalue weighted by Crippen LogP contribution is 2.54. The number of hydrogen-bond donors (Lipinski definition) is 0. The van der Waals surface area contributed by atoms with Gasteiger partial charge in [0.1, 0.15) is 0 Å². The molecule has 43 heavy (non-hydrogen) atoms. The van der Waals surface area contributed by atoms with Crippen LogP contribution >= 0.6 is 0 Å². The molecule has 0 N–H and O–H groups in total. The molecule has 1 heteroatoms. The molecule has 0 unspecified atom stereocenters. The minimum atomic E-state index is -0.0680. The van der Waals surface area contributed by atoms with Crippen LogP contribution in [-0.4, -0.2) is 0 Å². The van der Waals surface area contributed by atoms with Crippen LogP contribution in [0.3, 0.4) is 0 Å². The Balaban J connectivity index is 1.41. The minimum Gasteiger partial charge on any atom is -0.310 e. The molecule has 0 amide bonds. The summed E-state index contributed by atoms with van der Waals surface area (Å²) in [6, 6.07) is 55.1. The van der Waals surface area contributed by atoms with Crippen molar-refractivity contribution in [1.29, 1.82) is 0 Å². The number of hydrogen-bond acceptors (Lipinski definition) is 1. The molecule has 0 heterocycles. The maximum absolute atomic E-state index is 2.44. The van der Waals surface area contributed by atoms with Crippen molar-refractivity contribution in [3.63, 3.8) is 0 Å². The molecule has 0 radical (unpaired) electrons. The summed E-state index contributed by atoms with van der Waals surface area (Å²) in [7, 11) is 0. The zero-order valence-corrected chi connectivity index (χ0v) is 25.4. The van der Waals surface area contributed by atoms with E-state index in [1.54, 1.807) is 0 Å². The van der Waals surface area contributed by atoms with Gasteiger partial charge in [0.2, 0.25) is 0 Å². The predicted molar refractivity (Wildman–Crippen MR) is 183 cm³/mol. The summed E-state index contributed by atoms with van der Waals surface area (Å²) in [6.07, 6.45) is 0. The van der Waals surface area contributed by atoms with Gasteiger partial charge in [-0.05, 0) is 91.7 Å². The van der Waals surface area contributed by atoms with Gasteiger partial charge in [-0.2, -0.15) is 0 Å². The highest BCUT2D eigenvalue weighted by molar-refractivity contribution is 5.85. The third kappa shape index (κ3) is 4.57. The Hall–Kier alpha value is -4.88. The first kappa shape index (κ1) is 27.0. The number of fused-ring (bicyclic) bond motifs is 3. The standard InChI is InChI=1S/C42H37N/c1-41(2)39-21-12-11-20-37(39)38-27-26-36(29-40(38)42(41,3)4)43(34-24-22-32(23-25-34)30-14-7-5-8-15-30)35-19-13-18-33(28-35)31-16-9-6-10-17-31/h5-29H,1-4H3. The second-order valence-corrected chi connectivity index (χ2v) is 12.7. The zero-order chi connectivity index (χ0) is 29.6. The summed E-state index contributed by atoms with van der Waals surface area (Å²) >= 11 is 0. The Morgan fingerprint density at radius 1 is 0.349 bits per heavy atom. The van der Waals surface area contributed by atoms with Crippen LogP contribution in [0.2, 0.25) is 0 Å². The lowest BCUT2D eigenvalue weighted by Gasteiger charge is -2.48. The van der Waals surface area contributed by atoms with Crippen LogP contribution < -0.4 is 4.90 Å². The van der Waals surface area contributed by atoms with Crippen molar-refractivity contribution in [2.24, 2.45) is 0 Å². The molecule has 0 fully saturated rings. The molecular weight excluding hydrogens is 518 g/mol. The number of nitrogens with zero attached hydrogens (tertiary/aromatic N) is 1. The SMILES string of the molecule is CC1(C)c2ccccc2-c2ccc(N(c3ccc(-c4ccccc4)cc3)c3cccc(-c4ccccc4)c3)cc2C1(C)C. The molecule has 0 bridgehead atoms. The Kier molecular flexibility index (Phi) is 6.55. The quantitative estimate of drug-likeness (QED) is 0.204. The molecule has 0 aromatic heterocycles. The Morgan fingerprint density at radius 2 is 0.837 bits per heavy atom. The molecule has 0 aliphatic heterocycles. The maximum atomic E-state index is 2.44. The largest absolute Gasteiger partial charge is 0.310 e. The minimum absolute atomic E-state index is 0.0232. The Morgan fingerprint density at radius 3 is 1.53 bits per heavy atom. The first-order valence-electron chi connectivity index (χ1n) is 15.2. The van der Waals surface area contributed by atoms with Crippen molar-refractivity contribution >= 4 is 17.1 Å². The van der Waals surface area contributed by atoms with E-state index in [9.17, 15) is 0 Å². The molecule has 1 nitrogen and oxygen atoms in total. The van der Waals surface area contributed by atoms with Crippen molar-refractivity contribution in [3.05, 3.63) is 163 Å². The molecule has 6 aromatic rings. The van der Waals surface area contributed by atoms with Gasteiger partial charge in [-0.25, -0.2) is 0 Å². The Bertz CT molecular complexity index is 1900. The number of anilines is 3. The van der Waals surface area contributed by atoms with Crippen molar-refractivity contribution < 1.29 is 0 Å².